The van der Waals surface area contributed by atoms with Crippen molar-refractivity contribution < 1.29 is 14.2 Å². The van der Waals surface area contributed by atoms with Gasteiger partial charge in [-0.05, 0) is 31.2 Å². The average Bonchev–Trinajstić information content (AvgIpc) is 2.46. The van der Waals surface area contributed by atoms with Gasteiger partial charge in [0, 0.05) is 11.1 Å². The lowest BCUT2D eigenvalue weighted by Gasteiger charge is -2.11. The van der Waals surface area contributed by atoms with Crippen LogP contribution in [0.3, 0.4) is 0 Å². The van der Waals surface area contributed by atoms with Crippen molar-refractivity contribution in [1.82, 2.24) is 0 Å². The van der Waals surface area contributed by atoms with Gasteiger partial charge in [0.15, 0.2) is 0 Å². The number of aliphatic hydroxyl groups excluding tert-OH is 1. The Bertz CT molecular complexity index is 662. The smallest absolute Gasteiger partial charge is 0.125 e. The molecule has 0 bridgehead atoms. The highest BCUT2D eigenvalue weighted by atomic mass is 19.1. The zero-order valence-electron chi connectivity index (χ0n) is 11.1. The Kier molecular flexibility index (Phi) is 4.34. The summed E-state index contributed by atoms with van der Waals surface area (Å²) in [4.78, 5) is 0. The molecule has 0 radical (unpaired) electrons. The highest BCUT2D eigenvalue weighted by Gasteiger charge is 2.07. The number of benzene rings is 2. The SMILES string of the molecule is Cc1ccc(OCc2cc(F)ccc2C#N)c(CO)c1. The van der Waals surface area contributed by atoms with Gasteiger partial charge >= 0.3 is 0 Å². The van der Waals surface area contributed by atoms with Gasteiger partial charge in [0.1, 0.15) is 18.2 Å². The van der Waals surface area contributed by atoms with Crippen LogP contribution in [0.15, 0.2) is 36.4 Å². The molecule has 102 valence electrons. The Morgan fingerprint density at radius 3 is 2.70 bits per heavy atom. The normalized spacial score (nSPS) is 10.1. The molecular weight excluding hydrogens is 257 g/mol. The molecule has 0 aromatic heterocycles. The summed E-state index contributed by atoms with van der Waals surface area (Å²) in [6.07, 6.45) is 0. The maximum Gasteiger partial charge on any atom is 0.125 e. The van der Waals surface area contributed by atoms with E-state index in [-0.39, 0.29) is 13.2 Å². The molecule has 0 unspecified atom stereocenters. The van der Waals surface area contributed by atoms with Gasteiger partial charge < -0.3 is 9.84 Å². The number of halogens is 1. The zero-order chi connectivity index (χ0) is 14.5. The number of ether oxygens (including phenoxy) is 1. The molecule has 0 saturated carbocycles. The number of nitriles is 1. The van der Waals surface area contributed by atoms with Crippen LogP contribution in [0.4, 0.5) is 4.39 Å². The summed E-state index contributed by atoms with van der Waals surface area (Å²) in [6.45, 7) is 1.87. The Labute approximate surface area is 116 Å². The molecule has 0 fully saturated rings. The minimum Gasteiger partial charge on any atom is -0.488 e. The highest BCUT2D eigenvalue weighted by Crippen LogP contribution is 2.22. The zero-order valence-corrected chi connectivity index (χ0v) is 11.1. The molecular formula is C16H14FNO2. The highest BCUT2D eigenvalue weighted by molar-refractivity contribution is 5.39. The van der Waals surface area contributed by atoms with Crippen molar-refractivity contribution in [3.63, 3.8) is 0 Å². The fraction of sp³-hybridized carbons (Fsp3) is 0.188. The van der Waals surface area contributed by atoms with Crippen molar-refractivity contribution in [2.24, 2.45) is 0 Å². The van der Waals surface area contributed by atoms with E-state index in [4.69, 9.17) is 10.00 Å². The van der Waals surface area contributed by atoms with E-state index in [9.17, 15) is 9.50 Å². The molecule has 0 atom stereocenters. The van der Waals surface area contributed by atoms with E-state index in [1.54, 1.807) is 6.07 Å². The van der Waals surface area contributed by atoms with E-state index in [1.165, 1.54) is 18.2 Å². The minimum atomic E-state index is -0.408. The molecule has 0 spiro atoms. The molecule has 0 amide bonds. The van der Waals surface area contributed by atoms with Crippen molar-refractivity contribution in [2.45, 2.75) is 20.1 Å². The molecule has 0 heterocycles. The van der Waals surface area contributed by atoms with E-state index < -0.39 is 5.82 Å². The first-order chi connectivity index (χ1) is 9.63. The summed E-state index contributed by atoms with van der Waals surface area (Å²) in [5.74, 6) is 0.125. The largest absolute Gasteiger partial charge is 0.488 e. The molecule has 2 aromatic carbocycles. The molecule has 2 rings (SSSR count). The Morgan fingerprint density at radius 1 is 1.20 bits per heavy atom. The van der Waals surface area contributed by atoms with Gasteiger partial charge in [0.25, 0.3) is 0 Å². The van der Waals surface area contributed by atoms with Crippen LogP contribution in [0.25, 0.3) is 0 Å². The van der Waals surface area contributed by atoms with Crippen molar-refractivity contribution in [2.75, 3.05) is 0 Å². The summed E-state index contributed by atoms with van der Waals surface area (Å²) in [5.41, 5.74) is 2.55. The predicted octanol–water partition coefficient (Wildman–Crippen LogP) is 3.08. The third-order valence-electron chi connectivity index (χ3n) is 2.96. The van der Waals surface area contributed by atoms with Crippen LogP contribution in [-0.4, -0.2) is 5.11 Å². The summed E-state index contributed by atoms with van der Waals surface area (Å²) < 4.78 is 18.8. The second-order valence-electron chi connectivity index (χ2n) is 4.47. The number of hydrogen-bond acceptors (Lipinski definition) is 3. The van der Waals surface area contributed by atoms with E-state index in [2.05, 4.69) is 0 Å². The predicted molar refractivity (Wildman–Crippen MR) is 72.5 cm³/mol. The Morgan fingerprint density at radius 2 is 2.00 bits per heavy atom. The monoisotopic (exact) mass is 271 g/mol. The van der Waals surface area contributed by atoms with Crippen LogP contribution in [0, 0.1) is 24.1 Å². The minimum absolute atomic E-state index is 0.0801. The fourth-order valence-electron chi connectivity index (χ4n) is 1.92. The quantitative estimate of drug-likeness (QED) is 0.929. The maximum absolute atomic E-state index is 13.2. The summed E-state index contributed by atoms with van der Waals surface area (Å²) in [7, 11) is 0. The first-order valence-electron chi connectivity index (χ1n) is 6.15. The van der Waals surface area contributed by atoms with E-state index in [1.807, 2.05) is 25.1 Å². The molecule has 4 heteroatoms. The molecule has 20 heavy (non-hydrogen) atoms. The van der Waals surface area contributed by atoms with Gasteiger partial charge in [-0.3, -0.25) is 0 Å². The van der Waals surface area contributed by atoms with Gasteiger partial charge in [-0.25, -0.2) is 4.39 Å². The van der Waals surface area contributed by atoms with Crippen molar-refractivity contribution in [1.29, 1.82) is 5.26 Å². The standard InChI is InChI=1S/C16H14FNO2/c1-11-2-5-16(13(6-11)9-19)20-10-14-7-15(17)4-3-12(14)8-18/h2-7,19H,9-10H2,1H3. The second kappa shape index (κ2) is 6.18. The molecule has 1 N–H and O–H groups in total. The molecule has 0 aliphatic rings. The van der Waals surface area contributed by atoms with Gasteiger partial charge in [-0.1, -0.05) is 17.7 Å². The molecule has 3 nitrogen and oxygen atoms in total. The van der Waals surface area contributed by atoms with Gasteiger partial charge in [-0.2, -0.15) is 5.26 Å². The Hall–Kier alpha value is -2.38. The lowest BCUT2D eigenvalue weighted by atomic mass is 10.1. The number of hydrogen-bond donors (Lipinski definition) is 1. The van der Waals surface area contributed by atoms with E-state index >= 15 is 0 Å². The van der Waals surface area contributed by atoms with Crippen molar-refractivity contribution >= 4 is 0 Å². The maximum atomic E-state index is 13.2. The Balaban J connectivity index is 2.21. The number of nitrogens with zero attached hydrogens (tertiary/aromatic N) is 1. The third-order valence-corrected chi connectivity index (χ3v) is 2.96. The van der Waals surface area contributed by atoms with Crippen LogP contribution >= 0.6 is 0 Å². The van der Waals surface area contributed by atoms with E-state index in [0.717, 1.165) is 5.56 Å². The topological polar surface area (TPSA) is 53.2 Å². The second-order valence-corrected chi connectivity index (χ2v) is 4.47. The van der Waals surface area contributed by atoms with Crippen molar-refractivity contribution in [3.8, 4) is 11.8 Å². The summed E-state index contributed by atoms with van der Waals surface area (Å²) in [6, 6.07) is 11.4. The van der Waals surface area contributed by atoms with Crippen LogP contribution in [0.2, 0.25) is 0 Å². The fourth-order valence-corrected chi connectivity index (χ4v) is 1.92. The molecule has 0 aliphatic heterocycles. The van der Waals surface area contributed by atoms with Crippen LogP contribution in [0.5, 0.6) is 5.75 Å². The molecule has 2 aromatic rings. The lowest BCUT2D eigenvalue weighted by molar-refractivity contribution is 0.258. The molecule has 0 saturated heterocycles. The average molecular weight is 271 g/mol. The van der Waals surface area contributed by atoms with Crippen LogP contribution in [-0.2, 0) is 13.2 Å². The van der Waals surface area contributed by atoms with Crippen LogP contribution in [0.1, 0.15) is 22.3 Å². The van der Waals surface area contributed by atoms with Gasteiger partial charge in [0.2, 0.25) is 0 Å². The van der Waals surface area contributed by atoms with Crippen molar-refractivity contribution in [3.05, 3.63) is 64.5 Å². The van der Waals surface area contributed by atoms with Gasteiger partial charge in [0.05, 0.1) is 18.2 Å². The number of aliphatic hydroxyl groups is 1. The van der Waals surface area contributed by atoms with Gasteiger partial charge in [-0.15, -0.1) is 0 Å². The number of aryl methyl sites for hydroxylation is 1. The number of rotatable bonds is 4. The first-order valence-corrected chi connectivity index (χ1v) is 6.15. The summed E-state index contributed by atoms with van der Waals surface area (Å²) >= 11 is 0. The lowest BCUT2D eigenvalue weighted by Crippen LogP contribution is -2.01. The van der Waals surface area contributed by atoms with E-state index in [0.29, 0.717) is 22.4 Å². The molecule has 0 aliphatic carbocycles. The summed E-state index contributed by atoms with van der Waals surface area (Å²) in [5, 5.41) is 18.3. The van der Waals surface area contributed by atoms with Crippen LogP contribution < -0.4 is 4.74 Å². The first kappa shape index (κ1) is 14.0. The third kappa shape index (κ3) is 3.14.